The first kappa shape index (κ1) is 24.5. The Balaban J connectivity index is 1.30. The Kier molecular flexibility index (Phi) is 6.83. The number of aryl methyl sites for hydroxylation is 1. The van der Waals surface area contributed by atoms with Gasteiger partial charge in [-0.15, -0.1) is 0 Å². The summed E-state index contributed by atoms with van der Waals surface area (Å²) >= 11 is 0. The molecular weight excluding hydrogens is 472 g/mol. The van der Waals surface area contributed by atoms with Crippen LogP contribution in [0.1, 0.15) is 27.0 Å². The molecule has 2 N–H and O–H groups in total. The van der Waals surface area contributed by atoms with Gasteiger partial charge in [0.15, 0.2) is 0 Å². The molecule has 5 rings (SSSR count). The lowest BCUT2D eigenvalue weighted by atomic mass is 10.0. The summed E-state index contributed by atoms with van der Waals surface area (Å²) in [4.78, 5) is 17.1. The number of nitrogens with one attached hydrogen (secondary N) is 2. The van der Waals surface area contributed by atoms with Crippen LogP contribution in [-0.4, -0.2) is 58.4 Å². The Bertz CT molecular complexity index is 1380. The number of carbonyl (C=O) groups is 1. The number of sulfonamides is 1. The first-order valence-electron chi connectivity index (χ1n) is 12.5. The van der Waals surface area contributed by atoms with Crippen LogP contribution in [0.4, 0.5) is 11.4 Å². The van der Waals surface area contributed by atoms with E-state index in [-0.39, 0.29) is 10.8 Å². The van der Waals surface area contributed by atoms with Crippen LogP contribution in [-0.2, 0) is 23.0 Å². The average molecular weight is 506 g/mol. The molecule has 0 aliphatic carbocycles. The highest BCUT2D eigenvalue weighted by Gasteiger charge is 2.28. The molecule has 1 saturated heterocycles. The number of fused-ring (bicyclic) bond motifs is 1. The topological polar surface area (TPSA) is 74.2 Å². The van der Waals surface area contributed by atoms with E-state index in [2.05, 4.69) is 23.3 Å². The van der Waals surface area contributed by atoms with E-state index in [9.17, 15) is 13.2 Å². The van der Waals surface area contributed by atoms with E-state index in [4.69, 9.17) is 0 Å². The second-order valence-electron chi connectivity index (χ2n) is 9.78. The predicted molar refractivity (Wildman–Crippen MR) is 142 cm³/mol. The van der Waals surface area contributed by atoms with Crippen molar-refractivity contribution in [3.63, 3.8) is 0 Å². The lowest BCUT2D eigenvalue weighted by molar-refractivity contribution is -0.880. The molecule has 0 atom stereocenters. The van der Waals surface area contributed by atoms with Crippen LogP contribution in [0, 0.1) is 6.92 Å². The maximum absolute atomic E-state index is 13.4. The molecule has 7 nitrogen and oxygen atoms in total. The van der Waals surface area contributed by atoms with Crippen molar-refractivity contribution in [2.45, 2.75) is 24.8 Å². The van der Waals surface area contributed by atoms with Gasteiger partial charge in [0.05, 0.1) is 38.1 Å². The summed E-state index contributed by atoms with van der Waals surface area (Å²) in [5.41, 5.74) is 5.39. The van der Waals surface area contributed by atoms with Crippen LogP contribution in [0.5, 0.6) is 0 Å². The molecule has 1 amide bonds. The van der Waals surface area contributed by atoms with Crippen LogP contribution >= 0.6 is 0 Å². The Morgan fingerprint density at radius 2 is 1.67 bits per heavy atom. The number of amides is 1. The fourth-order valence-electron chi connectivity index (χ4n) is 4.95. The maximum atomic E-state index is 13.4. The van der Waals surface area contributed by atoms with Crippen LogP contribution in [0.2, 0.25) is 0 Å². The lowest BCUT2D eigenvalue weighted by Crippen LogP contribution is -3.12. The molecule has 0 saturated carbocycles. The molecule has 0 spiro atoms. The molecule has 0 unspecified atom stereocenters. The third-order valence-electron chi connectivity index (χ3n) is 7.27. The molecule has 0 bridgehead atoms. The van der Waals surface area contributed by atoms with Gasteiger partial charge in [-0.25, -0.2) is 8.42 Å². The number of anilines is 2. The van der Waals surface area contributed by atoms with Gasteiger partial charge in [0.1, 0.15) is 0 Å². The van der Waals surface area contributed by atoms with Crippen molar-refractivity contribution in [1.82, 2.24) is 4.31 Å². The third kappa shape index (κ3) is 5.02. The van der Waals surface area contributed by atoms with E-state index in [0.29, 0.717) is 25.1 Å². The number of piperazine rings is 1. The molecule has 8 heteroatoms. The van der Waals surface area contributed by atoms with Crippen molar-refractivity contribution in [1.29, 1.82) is 0 Å². The minimum atomic E-state index is -3.72. The monoisotopic (exact) mass is 505 g/mol. The number of benzene rings is 3. The van der Waals surface area contributed by atoms with Gasteiger partial charge in [0, 0.05) is 30.0 Å². The predicted octanol–water partition coefficient (Wildman–Crippen LogP) is 2.33. The van der Waals surface area contributed by atoms with Crippen molar-refractivity contribution in [2.75, 3.05) is 50.0 Å². The zero-order valence-corrected chi connectivity index (χ0v) is 21.6. The normalized spacial score (nSPS) is 17.0. The molecule has 188 valence electrons. The third-order valence-corrected chi connectivity index (χ3v) is 9.11. The van der Waals surface area contributed by atoms with E-state index in [1.165, 1.54) is 15.9 Å². The van der Waals surface area contributed by atoms with Gasteiger partial charge in [-0.2, -0.15) is 4.31 Å². The number of quaternary nitrogens is 1. The highest BCUT2D eigenvalue weighted by molar-refractivity contribution is 7.89. The first-order valence-corrected chi connectivity index (χ1v) is 13.9. The van der Waals surface area contributed by atoms with Gasteiger partial charge >= 0.3 is 0 Å². The van der Waals surface area contributed by atoms with Crippen molar-refractivity contribution in [3.05, 3.63) is 89.0 Å². The SMILES string of the molecule is Cc1cc(N2CC[NH+](C)CC2)ccc1NC(=O)c1cccc(S(=O)(=O)N2CCc3ccccc3C2)c1. The molecule has 3 aromatic rings. The summed E-state index contributed by atoms with van der Waals surface area (Å²) in [7, 11) is -1.50. The molecule has 36 heavy (non-hydrogen) atoms. The van der Waals surface area contributed by atoms with E-state index in [1.54, 1.807) is 23.1 Å². The Labute approximate surface area is 213 Å². The number of carbonyl (C=O) groups excluding carboxylic acids is 1. The fourth-order valence-corrected chi connectivity index (χ4v) is 6.41. The first-order chi connectivity index (χ1) is 17.3. The van der Waals surface area contributed by atoms with Crippen molar-refractivity contribution >= 4 is 27.3 Å². The van der Waals surface area contributed by atoms with Gasteiger partial charge in [0.2, 0.25) is 10.0 Å². The molecule has 1 fully saturated rings. The van der Waals surface area contributed by atoms with Gasteiger partial charge in [-0.05, 0) is 66.4 Å². The zero-order valence-electron chi connectivity index (χ0n) is 20.8. The van der Waals surface area contributed by atoms with Crippen molar-refractivity contribution < 1.29 is 18.1 Å². The largest absolute Gasteiger partial charge is 0.360 e. The number of rotatable bonds is 5. The van der Waals surface area contributed by atoms with Crippen molar-refractivity contribution in [2.24, 2.45) is 0 Å². The smallest absolute Gasteiger partial charge is 0.255 e. The van der Waals surface area contributed by atoms with Gasteiger partial charge in [-0.3, -0.25) is 4.79 Å². The Morgan fingerprint density at radius 3 is 2.42 bits per heavy atom. The zero-order chi connectivity index (χ0) is 25.3. The number of hydrogen-bond donors (Lipinski definition) is 2. The summed E-state index contributed by atoms with van der Waals surface area (Å²) in [5, 5.41) is 2.96. The summed E-state index contributed by atoms with van der Waals surface area (Å²) in [5.74, 6) is -0.324. The molecule has 2 aliphatic rings. The minimum Gasteiger partial charge on any atom is -0.360 e. The Hall–Kier alpha value is -3.20. The number of nitrogens with zero attached hydrogens (tertiary/aromatic N) is 2. The molecule has 0 radical (unpaired) electrons. The average Bonchev–Trinajstić information content (AvgIpc) is 2.90. The summed E-state index contributed by atoms with van der Waals surface area (Å²) in [6.07, 6.45) is 0.681. The van der Waals surface area contributed by atoms with E-state index >= 15 is 0 Å². The molecule has 0 aromatic heterocycles. The second-order valence-corrected chi connectivity index (χ2v) is 11.7. The van der Waals surface area contributed by atoms with Gasteiger partial charge < -0.3 is 15.1 Å². The summed E-state index contributed by atoms with van der Waals surface area (Å²) in [6.45, 7) is 7.00. The second kappa shape index (κ2) is 10.0. The maximum Gasteiger partial charge on any atom is 0.255 e. The highest BCUT2D eigenvalue weighted by atomic mass is 32.2. The lowest BCUT2D eigenvalue weighted by Gasteiger charge is -2.32. The van der Waals surface area contributed by atoms with Crippen LogP contribution in [0.15, 0.2) is 71.6 Å². The van der Waals surface area contributed by atoms with E-state index in [0.717, 1.165) is 48.7 Å². The van der Waals surface area contributed by atoms with E-state index < -0.39 is 10.0 Å². The Morgan fingerprint density at radius 1 is 0.917 bits per heavy atom. The van der Waals surface area contributed by atoms with Crippen LogP contribution in [0.25, 0.3) is 0 Å². The van der Waals surface area contributed by atoms with E-state index in [1.807, 2.05) is 43.3 Å². The minimum absolute atomic E-state index is 0.138. The van der Waals surface area contributed by atoms with Crippen LogP contribution in [0.3, 0.4) is 0 Å². The number of likely N-dealkylation sites (N-methyl/N-ethyl adjacent to an activating group) is 1. The fraction of sp³-hybridized carbons (Fsp3) is 0.321. The number of hydrogen-bond acceptors (Lipinski definition) is 4. The van der Waals surface area contributed by atoms with Crippen molar-refractivity contribution in [3.8, 4) is 0 Å². The van der Waals surface area contributed by atoms with Gasteiger partial charge in [0.25, 0.3) is 5.91 Å². The molecular formula is C28H33N4O3S+. The van der Waals surface area contributed by atoms with Crippen LogP contribution < -0.4 is 15.1 Å². The summed E-state index contributed by atoms with van der Waals surface area (Å²) in [6, 6.07) is 20.3. The molecule has 2 aliphatic heterocycles. The molecule has 3 aromatic carbocycles. The summed E-state index contributed by atoms with van der Waals surface area (Å²) < 4.78 is 28.3. The van der Waals surface area contributed by atoms with Gasteiger partial charge in [-0.1, -0.05) is 30.3 Å². The molecule has 2 heterocycles. The highest BCUT2D eigenvalue weighted by Crippen LogP contribution is 2.27. The quantitative estimate of drug-likeness (QED) is 0.558. The standard InChI is InChI=1S/C28H32N4O3S/c1-21-18-25(31-16-14-30(2)15-17-31)10-11-27(21)29-28(33)23-8-5-9-26(19-23)36(34,35)32-13-12-22-6-3-4-7-24(22)20-32/h3-11,18-19H,12-17,20H2,1-2H3,(H,29,33)/p+1.